The second kappa shape index (κ2) is 8.43. The van der Waals surface area contributed by atoms with Crippen molar-refractivity contribution in [3.63, 3.8) is 0 Å². The minimum atomic E-state index is -1.01. The maximum atomic E-state index is 12.0. The summed E-state index contributed by atoms with van der Waals surface area (Å²) in [6.45, 7) is 2.87. The molecule has 0 aliphatic carbocycles. The smallest absolute Gasteiger partial charge is 0.305 e. The van der Waals surface area contributed by atoms with Crippen molar-refractivity contribution in [2.75, 3.05) is 6.26 Å². The highest BCUT2D eigenvalue weighted by Gasteiger charge is 2.21. The number of carbonyl (C=O) groups is 3. The molecule has 7 heteroatoms. The average Bonchev–Trinajstić information content (AvgIpc) is 2.45. The molecule has 0 radical (unpaired) electrons. The first kappa shape index (κ1) is 18.0. The van der Waals surface area contributed by atoms with Crippen molar-refractivity contribution in [3.05, 3.63) is 29.8 Å². The number of thioether (sulfide) groups is 1. The molecule has 0 saturated heterocycles. The molecule has 0 saturated carbocycles. The topological polar surface area (TPSA) is 95.5 Å². The van der Waals surface area contributed by atoms with Crippen molar-refractivity contribution in [3.8, 4) is 0 Å². The van der Waals surface area contributed by atoms with Crippen LogP contribution < -0.4 is 10.6 Å². The molecular weight excluding hydrogens is 304 g/mol. The Labute approximate surface area is 133 Å². The van der Waals surface area contributed by atoms with Crippen LogP contribution in [-0.4, -0.2) is 35.2 Å². The van der Waals surface area contributed by atoms with Crippen LogP contribution in [0.5, 0.6) is 0 Å². The summed E-state index contributed by atoms with van der Waals surface area (Å²) in [7, 11) is 0. The number of carboxylic acids is 1. The van der Waals surface area contributed by atoms with E-state index in [4.69, 9.17) is 5.11 Å². The molecule has 6 nitrogen and oxygen atoms in total. The third kappa shape index (κ3) is 5.77. The van der Waals surface area contributed by atoms with Gasteiger partial charge in [-0.1, -0.05) is 12.1 Å². The van der Waals surface area contributed by atoms with Crippen molar-refractivity contribution in [2.45, 2.75) is 37.2 Å². The summed E-state index contributed by atoms with van der Waals surface area (Å²) >= 11 is 1.58. The summed E-state index contributed by atoms with van der Waals surface area (Å²) in [4.78, 5) is 35.1. The number of aliphatic carboxylic acids is 1. The Morgan fingerprint density at radius 3 is 2.23 bits per heavy atom. The lowest BCUT2D eigenvalue weighted by Gasteiger charge is -2.20. The van der Waals surface area contributed by atoms with Crippen molar-refractivity contribution < 1.29 is 19.5 Å². The van der Waals surface area contributed by atoms with Gasteiger partial charge in [-0.3, -0.25) is 14.4 Å². The zero-order valence-electron chi connectivity index (χ0n) is 12.8. The summed E-state index contributed by atoms with van der Waals surface area (Å²) in [5.74, 6) is -1.75. The fraction of sp³-hybridized carbons (Fsp3) is 0.400. The zero-order chi connectivity index (χ0) is 16.7. The van der Waals surface area contributed by atoms with E-state index in [0.29, 0.717) is 5.56 Å². The van der Waals surface area contributed by atoms with E-state index < -0.39 is 24.0 Å². The molecule has 1 aromatic carbocycles. The minimum absolute atomic E-state index is 0.225. The number of nitrogens with one attached hydrogen (secondary N) is 2. The Bertz CT molecular complexity index is 545. The first-order chi connectivity index (χ1) is 10.3. The van der Waals surface area contributed by atoms with Crippen molar-refractivity contribution >= 4 is 29.5 Å². The van der Waals surface area contributed by atoms with Gasteiger partial charge in [0.2, 0.25) is 11.8 Å². The van der Waals surface area contributed by atoms with Crippen LogP contribution in [0, 0.1) is 0 Å². The summed E-state index contributed by atoms with van der Waals surface area (Å²) in [5, 5.41) is 14.2. The Balaban J connectivity index is 2.85. The molecule has 0 aliphatic rings. The van der Waals surface area contributed by atoms with E-state index in [1.165, 1.54) is 6.92 Å². The van der Waals surface area contributed by atoms with Crippen LogP contribution in [0.4, 0.5) is 0 Å². The summed E-state index contributed by atoms with van der Waals surface area (Å²) in [5.41, 5.74) is 0.712. The Kier molecular flexibility index (Phi) is 6.91. The van der Waals surface area contributed by atoms with Gasteiger partial charge in [-0.05, 0) is 30.9 Å². The third-order valence-electron chi connectivity index (χ3n) is 3.03. The molecular formula is C15H20N2O4S. The molecule has 0 spiro atoms. The van der Waals surface area contributed by atoms with Gasteiger partial charge in [-0.15, -0.1) is 11.8 Å². The molecule has 22 heavy (non-hydrogen) atoms. The lowest BCUT2D eigenvalue weighted by Crippen LogP contribution is -2.45. The zero-order valence-corrected chi connectivity index (χ0v) is 13.6. The van der Waals surface area contributed by atoms with Gasteiger partial charge in [-0.25, -0.2) is 0 Å². The van der Waals surface area contributed by atoms with Crippen molar-refractivity contribution in [2.24, 2.45) is 0 Å². The first-order valence-corrected chi connectivity index (χ1v) is 7.99. The molecule has 1 aromatic rings. The van der Waals surface area contributed by atoms with Gasteiger partial charge in [0.05, 0.1) is 12.5 Å². The molecule has 2 amide bonds. The van der Waals surface area contributed by atoms with Crippen LogP contribution in [0.3, 0.4) is 0 Å². The van der Waals surface area contributed by atoms with Gasteiger partial charge in [-0.2, -0.15) is 0 Å². The lowest BCUT2D eigenvalue weighted by atomic mass is 10.0. The highest BCUT2D eigenvalue weighted by atomic mass is 32.2. The number of hydrogen-bond acceptors (Lipinski definition) is 4. The Morgan fingerprint density at radius 2 is 1.77 bits per heavy atom. The van der Waals surface area contributed by atoms with Gasteiger partial charge >= 0.3 is 5.97 Å². The highest BCUT2D eigenvalue weighted by molar-refractivity contribution is 7.98. The normalized spacial score (nSPS) is 13.0. The molecule has 0 aromatic heterocycles. The number of carbonyl (C=O) groups excluding carboxylic acids is 2. The number of carboxylic acid groups (broad SMARTS) is 1. The number of amides is 2. The molecule has 2 unspecified atom stereocenters. The monoisotopic (exact) mass is 324 g/mol. The third-order valence-corrected chi connectivity index (χ3v) is 3.77. The minimum Gasteiger partial charge on any atom is -0.481 e. The summed E-state index contributed by atoms with van der Waals surface area (Å²) < 4.78 is 0. The second-order valence-electron chi connectivity index (χ2n) is 4.85. The maximum absolute atomic E-state index is 12.0. The predicted octanol–water partition coefficient (Wildman–Crippen LogP) is 1.57. The lowest BCUT2D eigenvalue weighted by molar-refractivity contribution is -0.138. The van der Waals surface area contributed by atoms with Gasteiger partial charge in [0.15, 0.2) is 0 Å². The van der Waals surface area contributed by atoms with E-state index in [9.17, 15) is 14.4 Å². The fourth-order valence-corrected chi connectivity index (χ4v) is 2.34. The first-order valence-electron chi connectivity index (χ1n) is 6.76. The van der Waals surface area contributed by atoms with Crippen LogP contribution in [0.1, 0.15) is 31.9 Å². The fourth-order valence-electron chi connectivity index (χ4n) is 1.93. The van der Waals surface area contributed by atoms with Gasteiger partial charge in [0, 0.05) is 11.8 Å². The molecule has 0 fully saturated rings. The number of hydrogen-bond donors (Lipinski definition) is 3. The quantitative estimate of drug-likeness (QED) is 0.662. The van der Waals surface area contributed by atoms with E-state index in [2.05, 4.69) is 10.6 Å². The molecule has 120 valence electrons. The molecule has 0 aliphatic heterocycles. The number of benzene rings is 1. The van der Waals surface area contributed by atoms with Crippen LogP contribution in [-0.2, 0) is 14.4 Å². The van der Waals surface area contributed by atoms with E-state index in [-0.39, 0.29) is 12.3 Å². The second-order valence-corrected chi connectivity index (χ2v) is 5.73. The Morgan fingerprint density at radius 1 is 1.18 bits per heavy atom. The summed E-state index contributed by atoms with van der Waals surface area (Å²) in [6, 6.07) is 5.97. The molecule has 2 atom stereocenters. The van der Waals surface area contributed by atoms with Crippen molar-refractivity contribution in [1.82, 2.24) is 10.6 Å². The Hall–Kier alpha value is -2.02. The summed E-state index contributed by atoms with van der Waals surface area (Å²) in [6.07, 6.45) is 1.72. The molecule has 0 bridgehead atoms. The van der Waals surface area contributed by atoms with E-state index in [0.717, 1.165) is 4.90 Å². The molecule has 3 N–H and O–H groups in total. The van der Waals surface area contributed by atoms with Gasteiger partial charge in [0.25, 0.3) is 0 Å². The van der Waals surface area contributed by atoms with E-state index in [1.54, 1.807) is 30.8 Å². The number of rotatable bonds is 7. The van der Waals surface area contributed by atoms with Gasteiger partial charge in [0.1, 0.15) is 6.04 Å². The molecule has 0 heterocycles. The van der Waals surface area contributed by atoms with E-state index in [1.807, 2.05) is 18.4 Å². The van der Waals surface area contributed by atoms with Crippen LogP contribution in [0.2, 0.25) is 0 Å². The standard InChI is InChI=1S/C15H20N2O4S/c1-9(16-10(2)18)15(21)17-13(8-14(19)20)11-4-6-12(22-3)7-5-11/h4-7,9,13H,8H2,1-3H3,(H,16,18)(H,17,21)(H,19,20). The SMILES string of the molecule is CSc1ccc(C(CC(=O)O)NC(=O)C(C)NC(C)=O)cc1. The van der Waals surface area contributed by atoms with Gasteiger partial charge < -0.3 is 15.7 Å². The maximum Gasteiger partial charge on any atom is 0.305 e. The van der Waals surface area contributed by atoms with E-state index >= 15 is 0 Å². The predicted molar refractivity (Wildman–Crippen MR) is 84.6 cm³/mol. The highest BCUT2D eigenvalue weighted by Crippen LogP contribution is 2.21. The average molecular weight is 324 g/mol. The van der Waals surface area contributed by atoms with Crippen LogP contribution >= 0.6 is 11.8 Å². The van der Waals surface area contributed by atoms with Crippen molar-refractivity contribution in [1.29, 1.82) is 0 Å². The van der Waals surface area contributed by atoms with Crippen LogP contribution in [0.25, 0.3) is 0 Å². The molecule has 1 rings (SSSR count). The van der Waals surface area contributed by atoms with Crippen LogP contribution in [0.15, 0.2) is 29.2 Å². The largest absolute Gasteiger partial charge is 0.481 e.